The summed E-state index contributed by atoms with van der Waals surface area (Å²) in [5.74, 6) is 6.17. The number of ketones is 1. The predicted molar refractivity (Wildman–Crippen MR) is 98.4 cm³/mol. The number of rotatable bonds is 4. The minimum atomic E-state index is -0.546. The first-order chi connectivity index (χ1) is 12.5. The van der Waals surface area contributed by atoms with Crippen molar-refractivity contribution in [3.63, 3.8) is 0 Å². The lowest BCUT2D eigenvalue weighted by molar-refractivity contribution is -0.117. The van der Waals surface area contributed by atoms with Crippen LogP contribution >= 0.6 is 0 Å². The molecule has 3 heterocycles. The van der Waals surface area contributed by atoms with Gasteiger partial charge in [-0.05, 0) is 13.8 Å². The highest BCUT2D eigenvalue weighted by atomic mass is 16.2. The van der Waals surface area contributed by atoms with Gasteiger partial charge in [0.2, 0.25) is 5.95 Å². The van der Waals surface area contributed by atoms with E-state index < -0.39 is 11.2 Å². The summed E-state index contributed by atoms with van der Waals surface area (Å²) in [6.07, 6.45) is 0. The maximum atomic E-state index is 13.0. The van der Waals surface area contributed by atoms with Crippen LogP contribution in [0.4, 0.5) is 5.95 Å². The SMILES string of the molecule is CC#CCn1c(N2CCNCC2)nc2c1c(=O)n(CC(C)=O)c(=O)n2C. The van der Waals surface area contributed by atoms with E-state index in [4.69, 9.17) is 0 Å². The number of imidazole rings is 1. The van der Waals surface area contributed by atoms with Crippen LogP contribution in [0.3, 0.4) is 0 Å². The number of nitrogens with one attached hydrogen (secondary N) is 1. The number of fused-ring (bicyclic) bond motifs is 1. The third kappa shape index (κ3) is 3.04. The fourth-order valence-electron chi connectivity index (χ4n) is 3.14. The van der Waals surface area contributed by atoms with Crippen molar-refractivity contribution in [2.24, 2.45) is 7.05 Å². The summed E-state index contributed by atoms with van der Waals surface area (Å²) in [6.45, 7) is 6.24. The third-order valence-electron chi connectivity index (χ3n) is 4.41. The van der Waals surface area contributed by atoms with Crippen LogP contribution in [0.2, 0.25) is 0 Å². The lowest BCUT2D eigenvalue weighted by atomic mass is 10.4. The molecule has 26 heavy (non-hydrogen) atoms. The molecule has 1 N–H and O–H groups in total. The molecule has 2 aromatic heterocycles. The summed E-state index contributed by atoms with van der Waals surface area (Å²) < 4.78 is 4.03. The Hall–Kier alpha value is -2.86. The molecule has 0 spiro atoms. The Balaban J connectivity index is 2.32. The van der Waals surface area contributed by atoms with Gasteiger partial charge in [-0.2, -0.15) is 4.98 Å². The zero-order valence-electron chi connectivity index (χ0n) is 15.2. The van der Waals surface area contributed by atoms with Crippen molar-refractivity contribution in [3.05, 3.63) is 20.8 Å². The highest BCUT2D eigenvalue weighted by molar-refractivity contribution is 5.77. The van der Waals surface area contributed by atoms with Crippen LogP contribution in [0.1, 0.15) is 13.8 Å². The van der Waals surface area contributed by atoms with Crippen molar-refractivity contribution >= 4 is 22.9 Å². The first kappa shape index (κ1) is 17.9. The largest absolute Gasteiger partial charge is 0.340 e. The van der Waals surface area contributed by atoms with Gasteiger partial charge in [-0.1, -0.05) is 5.92 Å². The number of carbonyl (C=O) groups excluding carboxylic acids is 1. The third-order valence-corrected chi connectivity index (χ3v) is 4.41. The lowest BCUT2D eigenvalue weighted by Crippen LogP contribution is -2.44. The molecule has 0 saturated carbocycles. The Kier molecular flexibility index (Phi) is 4.95. The number of nitrogens with zero attached hydrogens (tertiary/aromatic N) is 5. The van der Waals surface area contributed by atoms with E-state index in [0.717, 1.165) is 30.7 Å². The minimum Gasteiger partial charge on any atom is -0.340 e. The van der Waals surface area contributed by atoms with Gasteiger partial charge in [0.05, 0.1) is 13.1 Å². The second-order valence-corrected chi connectivity index (χ2v) is 6.27. The number of hydrogen-bond donors (Lipinski definition) is 1. The first-order valence-corrected chi connectivity index (χ1v) is 8.50. The smallest absolute Gasteiger partial charge is 0.332 e. The fourth-order valence-corrected chi connectivity index (χ4v) is 3.14. The molecule has 1 aliphatic rings. The minimum absolute atomic E-state index is 0.255. The summed E-state index contributed by atoms with van der Waals surface area (Å²) in [5.41, 5.74) is -0.447. The Morgan fingerprint density at radius 1 is 1.23 bits per heavy atom. The Morgan fingerprint density at radius 3 is 2.54 bits per heavy atom. The number of hydrogen-bond acceptors (Lipinski definition) is 6. The van der Waals surface area contributed by atoms with Crippen molar-refractivity contribution in [1.29, 1.82) is 0 Å². The molecule has 0 aromatic carbocycles. The number of piperazine rings is 1. The molecule has 0 atom stereocenters. The monoisotopic (exact) mass is 358 g/mol. The molecule has 9 nitrogen and oxygen atoms in total. The van der Waals surface area contributed by atoms with Crippen LogP contribution in [0, 0.1) is 11.8 Å². The topological polar surface area (TPSA) is 94.2 Å². The van der Waals surface area contributed by atoms with E-state index in [1.54, 1.807) is 18.5 Å². The van der Waals surface area contributed by atoms with Gasteiger partial charge in [-0.3, -0.25) is 23.3 Å². The van der Waals surface area contributed by atoms with Gasteiger partial charge >= 0.3 is 5.69 Å². The van der Waals surface area contributed by atoms with Crippen molar-refractivity contribution in [2.75, 3.05) is 31.1 Å². The zero-order chi connectivity index (χ0) is 18.8. The van der Waals surface area contributed by atoms with Crippen molar-refractivity contribution in [1.82, 2.24) is 24.0 Å². The maximum absolute atomic E-state index is 13.0. The number of aryl methyl sites for hydroxylation is 1. The van der Waals surface area contributed by atoms with Crippen LogP contribution in [0.15, 0.2) is 9.59 Å². The standard InChI is InChI=1S/C17H22N6O3/c1-4-5-8-22-13-14(19-16(22)21-9-6-18-7-10-21)20(3)17(26)23(15(13)25)11-12(2)24/h18H,6-11H2,1-3H3. The van der Waals surface area contributed by atoms with E-state index in [1.807, 2.05) is 0 Å². The predicted octanol–water partition coefficient (Wildman–Crippen LogP) is -1.08. The molecule has 2 aromatic rings. The zero-order valence-corrected chi connectivity index (χ0v) is 15.2. The van der Waals surface area contributed by atoms with Crippen molar-refractivity contribution in [2.45, 2.75) is 26.9 Å². The molecule has 0 amide bonds. The first-order valence-electron chi connectivity index (χ1n) is 8.50. The molecule has 138 valence electrons. The normalized spacial score (nSPS) is 14.3. The quantitative estimate of drug-likeness (QED) is 0.699. The summed E-state index contributed by atoms with van der Waals surface area (Å²) in [7, 11) is 1.56. The van der Waals surface area contributed by atoms with Gasteiger partial charge in [0.25, 0.3) is 5.56 Å². The average Bonchev–Trinajstić information content (AvgIpc) is 3.02. The lowest BCUT2D eigenvalue weighted by Gasteiger charge is -2.28. The summed E-state index contributed by atoms with van der Waals surface area (Å²) >= 11 is 0. The van der Waals surface area contributed by atoms with Gasteiger partial charge in [-0.15, -0.1) is 5.92 Å². The molecule has 3 rings (SSSR count). The molecular weight excluding hydrogens is 336 g/mol. The summed E-state index contributed by atoms with van der Waals surface area (Å²) in [5, 5.41) is 3.28. The van der Waals surface area contributed by atoms with Gasteiger partial charge in [0.1, 0.15) is 5.78 Å². The highest BCUT2D eigenvalue weighted by Crippen LogP contribution is 2.19. The van der Waals surface area contributed by atoms with Crippen LogP contribution in [-0.2, 0) is 24.9 Å². The molecule has 1 saturated heterocycles. The van der Waals surface area contributed by atoms with Crippen molar-refractivity contribution in [3.8, 4) is 11.8 Å². The van der Waals surface area contributed by atoms with Gasteiger partial charge < -0.3 is 10.2 Å². The van der Waals surface area contributed by atoms with Gasteiger partial charge in [-0.25, -0.2) is 4.79 Å². The molecule has 1 aliphatic heterocycles. The molecule has 0 bridgehead atoms. The number of aromatic nitrogens is 4. The summed E-state index contributed by atoms with van der Waals surface area (Å²) in [6, 6.07) is 0. The second-order valence-electron chi connectivity index (χ2n) is 6.27. The van der Waals surface area contributed by atoms with Crippen LogP contribution in [0.5, 0.6) is 0 Å². The summed E-state index contributed by atoms with van der Waals surface area (Å²) in [4.78, 5) is 43.7. The molecule has 0 radical (unpaired) electrons. The van der Waals surface area contributed by atoms with Gasteiger partial charge in [0, 0.05) is 33.2 Å². The van der Waals surface area contributed by atoms with E-state index in [9.17, 15) is 14.4 Å². The number of carbonyl (C=O) groups is 1. The molecule has 0 unspecified atom stereocenters. The van der Waals surface area contributed by atoms with E-state index in [1.165, 1.54) is 11.5 Å². The van der Waals surface area contributed by atoms with Gasteiger partial charge in [0.15, 0.2) is 11.2 Å². The van der Waals surface area contributed by atoms with E-state index in [0.29, 0.717) is 23.7 Å². The number of anilines is 1. The maximum Gasteiger partial charge on any atom is 0.332 e. The van der Waals surface area contributed by atoms with Crippen LogP contribution < -0.4 is 21.5 Å². The molecular formula is C17H22N6O3. The Morgan fingerprint density at radius 2 is 1.92 bits per heavy atom. The fraction of sp³-hybridized carbons (Fsp3) is 0.529. The van der Waals surface area contributed by atoms with Crippen molar-refractivity contribution < 1.29 is 4.79 Å². The van der Waals surface area contributed by atoms with E-state index >= 15 is 0 Å². The van der Waals surface area contributed by atoms with Crippen LogP contribution in [-0.4, -0.2) is 50.6 Å². The molecule has 9 heteroatoms. The van der Waals surface area contributed by atoms with E-state index in [2.05, 4.69) is 27.0 Å². The molecule has 1 fully saturated rings. The van der Waals surface area contributed by atoms with Crippen LogP contribution in [0.25, 0.3) is 11.2 Å². The Labute approximate surface area is 150 Å². The number of Topliss-reactive ketones (excluding diaryl/α,β-unsaturated/α-hetero) is 1. The van der Waals surface area contributed by atoms with E-state index in [-0.39, 0.29) is 12.3 Å². The highest BCUT2D eigenvalue weighted by Gasteiger charge is 2.24. The Bertz CT molecular complexity index is 1030. The molecule has 0 aliphatic carbocycles. The second kappa shape index (κ2) is 7.17. The average molecular weight is 358 g/mol.